The Bertz CT molecular complexity index is 1070. The second kappa shape index (κ2) is 29.8. The van der Waals surface area contributed by atoms with Crippen LogP contribution in [-0.4, -0.2) is 41.3 Å². The number of fused-ring (bicyclic) bond motifs is 3. The maximum atomic E-state index is 6.80. The standard InChI is InChI=1S/C53H100O4Si/c1-10-12-14-16-17-18-19-20-21-22-23-24-25-26-28-29-41-55-52(57-58(8,9)56-42-30-27-15-13-11-2)38-33-45(4)44(3)31-35-49-46(5)32-37-51-50(49)36-34-47-43-48(54-7)39-40-53(47,51)6/h17-18,20-21,44-52H,10-16,19,22-43H2,1-9H3/b18-17-,21-20-/t44-,45-,46?,47?,48-,49?,50?,51?,52?,53+/m1/s1. The van der Waals surface area contributed by atoms with Crippen LogP contribution in [0.5, 0.6) is 0 Å². The Morgan fingerprint density at radius 1 is 0.690 bits per heavy atom. The van der Waals surface area contributed by atoms with Crippen molar-refractivity contribution < 1.29 is 18.3 Å². The fourth-order valence-corrected chi connectivity index (χ4v) is 13.0. The zero-order chi connectivity index (χ0) is 42.1. The molecule has 0 aromatic heterocycles. The van der Waals surface area contributed by atoms with Gasteiger partial charge in [0.25, 0.3) is 0 Å². The van der Waals surface area contributed by atoms with Gasteiger partial charge in [-0.05, 0) is 163 Å². The number of hydrogen-bond donors (Lipinski definition) is 0. The van der Waals surface area contributed by atoms with Gasteiger partial charge in [-0.15, -0.1) is 0 Å². The lowest BCUT2D eigenvalue weighted by Crippen LogP contribution is -2.52. The molecule has 3 fully saturated rings. The Balaban J connectivity index is 1.41. The van der Waals surface area contributed by atoms with Crippen molar-refractivity contribution in [1.82, 2.24) is 0 Å². The molecule has 3 aliphatic carbocycles. The van der Waals surface area contributed by atoms with Gasteiger partial charge in [0.15, 0.2) is 0 Å². The molecule has 0 bridgehead atoms. The number of methoxy groups -OCH3 is 1. The van der Waals surface area contributed by atoms with Crippen LogP contribution in [0.3, 0.4) is 0 Å². The topological polar surface area (TPSA) is 36.9 Å². The maximum absolute atomic E-state index is 6.80. The molecule has 0 heterocycles. The molecule has 10 atom stereocenters. The van der Waals surface area contributed by atoms with Crippen molar-refractivity contribution in [2.45, 2.75) is 247 Å². The molecule has 5 heteroatoms. The molecule has 58 heavy (non-hydrogen) atoms. The van der Waals surface area contributed by atoms with Gasteiger partial charge in [0.05, 0.1) is 6.10 Å². The molecule has 3 saturated carbocycles. The van der Waals surface area contributed by atoms with Crippen LogP contribution in [-0.2, 0) is 18.3 Å². The van der Waals surface area contributed by atoms with Gasteiger partial charge in [0, 0.05) is 20.3 Å². The van der Waals surface area contributed by atoms with E-state index in [1.54, 1.807) is 0 Å². The van der Waals surface area contributed by atoms with Gasteiger partial charge in [-0.1, -0.05) is 143 Å². The van der Waals surface area contributed by atoms with E-state index in [2.05, 4.69) is 78.9 Å². The first-order chi connectivity index (χ1) is 28.0. The molecule has 4 nitrogen and oxygen atoms in total. The highest BCUT2D eigenvalue weighted by molar-refractivity contribution is 6.64. The monoisotopic (exact) mass is 829 g/mol. The minimum absolute atomic E-state index is 0.141. The van der Waals surface area contributed by atoms with Crippen molar-refractivity contribution in [2.24, 2.45) is 46.8 Å². The van der Waals surface area contributed by atoms with Crippen LogP contribution < -0.4 is 0 Å². The Kier molecular flexibility index (Phi) is 26.6. The molecule has 340 valence electrons. The van der Waals surface area contributed by atoms with Gasteiger partial charge in [-0.2, -0.15) is 0 Å². The molecule has 0 saturated heterocycles. The lowest BCUT2D eigenvalue weighted by molar-refractivity contribution is -0.116. The molecule has 0 spiro atoms. The summed E-state index contributed by atoms with van der Waals surface area (Å²) in [5.74, 6) is 5.94. The normalized spacial score (nSPS) is 28.2. The molecule has 0 N–H and O–H groups in total. The van der Waals surface area contributed by atoms with Gasteiger partial charge in [-0.3, -0.25) is 0 Å². The maximum Gasteiger partial charge on any atom is 0.333 e. The molecule has 0 aromatic carbocycles. The van der Waals surface area contributed by atoms with Crippen LogP contribution >= 0.6 is 0 Å². The molecule has 0 radical (unpaired) electrons. The summed E-state index contributed by atoms with van der Waals surface area (Å²) in [7, 11) is -0.336. The Morgan fingerprint density at radius 3 is 2.02 bits per heavy atom. The van der Waals surface area contributed by atoms with Crippen LogP contribution in [0.2, 0.25) is 13.1 Å². The van der Waals surface area contributed by atoms with Gasteiger partial charge in [0.1, 0.15) is 6.29 Å². The second-order valence-corrected chi connectivity index (χ2v) is 24.0. The zero-order valence-electron chi connectivity index (χ0n) is 40.4. The summed E-state index contributed by atoms with van der Waals surface area (Å²) in [6.07, 6.45) is 46.1. The van der Waals surface area contributed by atoms with E-state index in [4.69, 9.17) is 18.3 Å². The highest BCUT2D eigenvalue weighted by Gasteiger charge is 2.54. The summed E-state index contributed by atoms with van der Waals surface area (Å²) in [5.41, 5.74) is 0.544. The third-order valence-electron chi connectivity index (χ3n) is 15.8. The van der Waals surface area contributed by atoms with Gasteiger partial charge in [-0.25, -0.2) is 0 Å². The first kappa shape index (κ1) is 51.9. The van der Waals surface area contributed by atoms with Gasteiger partial charge < -0.3 is 18.3 Å². The van der Waals surface area contributed by atoms with Crippen molar-refractivity contribution in [2.75, 3.05) is 20.3 Å². The third kappa shape index (κ3) is 19.3. The summed E-state index contributed by atoms with van der Waals surface area (Å²) in [5, 5.41) is 0. The molecule has 0 amide bonds. The SMILES string of the molecule is CCCCC/C=C\C/C=C\CCCCCCCCOC(CC[C@@H](C)[C@H](C)CCC1C(C)CCC2C1CCC1C[C@H](OC)CC[C@@]12C)O[Si](C)(C)OCCCCCCC. The summed E-state index contributed by atoms with van der Waals surface area (Å²) in [6, 6.07) is 0. The van der Waals surface area contributed by atoms with Crippen molar-refractivity contribution in [3.05, 3.63) is 24.3 Å². The van der Waals surface area contributed by atoms with E-state index in [0.29, 0.717) is 17.4 Å². The van der Waals surface area contributed by atoms with Crippen molar-refractivity contribution in [3.8, 4) is 0 Å². The smallest absolute Gasteiger partial charge is 0.333 e. The van der Waals surface area contributed by atoms with Crippen molar-refractivity contribution in [3.63, 3.8) is 0 Å². The quantitative estimate of drug-likeness (QED) is 0.0286. The number of allylic oxidation sites excluding steroid dienone is 4. The molecule has 6 unspecified atom stereocenters. The number of hydrogen-bond acceptors (Lipinski definition) is 4. The summed E-state index contributed by atoms with van der Waals surface area (Å²) in [6.45, 7) is 21.0. The minimum Gasteiger partial charge on any atom is -0.394 e. The number of rotatable bonds is 33. The highest BCUT2D eigenvalue weighted by atomic mass is 28.4. The van der Waals surface area contributed by atoms with E-state index in [9.17, 15) is 0 Å². The largest absolute Gasteiger partial charge is 0.394 e. The molecular formula is C53H100O4Si. The van der Waals surface area contributed by atoms with E-state index in [0.717, 1.165) is 74.4 Å². The van der Waals surface area contributed by atoms with Crippen LogP contribution in [0, 0.1) is 46.8 Å². The van der Waals surface area contributed by atoms with E-state index < -0.39 is 8.56 Å². The molecular weight excluding hydrogens is 729 g/mol. The third-order valence-corrected chi connectivity index (χ3v) is 17.5. The first-order valence-electron chi connectivity index (χ1n) is 25.8. The fourth-order valence-electron chi connectivity index (χ4n) is 11.5. The van der Waals surface area contributed by atoms with Gasteiger partial charge >= 0.3 is 8.56 Å². The summed E-state index contributed by atoms with van der Waals surface area (Å²) < 4.78 is 25.7. The fraction of sp³-hybridized carbons (Fsp3) is 0.925. The van der Waals surface area contributed by atoms with Crippen LogP contribution in [0.4, 0.5) is 0 Å². The van der Waals surface area contributed by atoms with Gasteiger partial charge in [0.2, 0.25) is 0 Å². The second-order valence-electron chi connectivity index (χ2n) is 20.7. The Labute approximate surface area is 363 Å². The van der Waals surface area contributed by atoms with E-state index >= 15 is 0 Å². The van der Waals surface area contributed by atoms with Crippen molar-refractivity contribution >= 4 is 8.56 Å². The molecule has 0 aromatic rings. The predicted molar refractivity (Wildman–Crippen MR) is 254 cm³/mol. The lowest BCUT2D eigenvalue weighted by Gasteiger charge is -2.59. The molecule has 0 aliphatic heterocycles. The Morgan fingerprint density at radius 2 is 1.31 bits per heavy atom. The van der Waals surface area contributed by atoms with Crippen molar-refractivity contribution in [1.29, 1.82) is 0 Å². The average molecular weight is 829 g/mol. The summed E-state index contributed by atoms with van der Waals surface area (Å²) >= 11 is 0. The minimum atomic E-state index is -2.27. The van der Waals surface area contributed by atoms with Crippen LogP contribution in [0.25, 0.3) is 0 Å². The number of unbranched alkanes of at least 4 members (excludes halogenated alkanes) is 13. The Hall–Kier alpha value is -0.463. The predicted octanol–water partition coefficient (Wildman–Crippen LogP) is 16.6. The van der Waals surface area contributed by atoms with E-state index in [-0.39, 0.29) is 6.29 Å². The molecule has 3 aliphatic rings. The summed E-state index contributed by atoms with van der Waals surface area (Å²) in [4.78, 5) is 0. The van der Waals surface area contributed by atoms with Crippen LogP contribution in [0.1, 0.15) is 221 Å². The van der Waals surface area contributed by atoms with Crippen LogP contribution in [0.15, 0.2) is 24.3 Å². The van der Waals surface area contributed by atoms with E-state index in [1.807, 2.05) is 7.11 Å². The highest BCUT2D eigenvalue weighted by Crippen LogP contribution is 2.61. The molecule has 3 rings (SSSR count). The number of ether oxygens (including phenoxy) is 2. The first-order valence-corrected chi connectivity index (χ1v) is 28.6. The zero-order valence-corrected chi connectivity index (χ0v) is 41.4. The average Bonchev–Trinajstić information content (AvgIpc) is 3.21. The van der Waals surface area contributed by atoms with E-state index in [1.165, 1.54) is 154 Å². The lowest BCUT2D eigenvalue weighted by atomic mass is 9.46.